The van der Waals surface area contributed by atoms with Gasteiger partial charge in [0.15, 0.2) is 18.9 Å². The zero-order valence-electron chi connectivity index (χ0n) is 38.5. The molecule has 68 heavy (non-hydrogen) atoms. The summed E-state index contributed by atoms with van der Waals surface area (Å²) >= 11 is 0. The standard InChI is InChI=1S/C44H70O23.Na/c1-17-11-43-9-5-22-41(2,7-4-8-42(22,3)40(59)66-38-33(58)30(55)26(51)20(14-47)62-38)23(43)6-10-44(17,16-43)67-39-35(65-37-32(57)29(54)25(50)19(13-46)61-37)34(27(52)21(15-48)63-39)64-36-31(56)28(53)24(49)18(12-45)60-36;/h18-39,45-58H,1,4-16H2,2-3H3;/q;+1/t18-,19-,20-,21-,22+,23+,24-,25-,26-,27-,28+,29+,30+,31-,32-,33-,34+,35-,36+,37+,38+,39+,41-,42-,43?,44?;/m1./s1. The van der Waals surface area contributed by atoms with E-state index in [1.807, 2.05) is 6.92 Å². The minimum Gasteiger partial charge on any atom is -0.432 e. The van der Waals surface area contributed by atoms with E-state index in [2.05, 4.69) is 13.5 Å². The van der Waals surface area contributed by atoms with Gasteiger partial charge in [0.05, 0.1) is 37.4 Å². The van der Waals surface area contributed by atoms with Crippen LogP contribution in [-0.4, -0.2) is 232 Å². The number of carbonyl (C=O) groups excluding carboxylic acids is 1. The molecule has 24 heteroatoms. The summed E-state index contributed by atoms with van der Waals surface area (Å²) in [5.74, 6) is -0.805. The van der Waals surface area contributed by atoms with Crippen LogP contribution in [-0.2, 0) is 42.7 Å². The van der Waals surface area contributed by atoms with Crippen molar-refractivity contribution in [1.82, 2.24) is 0 Å². The molecule has 4 aliphatic carbocycles. The molecule has 4 aliphatic heterocycles. The number of fused-ring (bicyclic) bond motifs is 3. The van der Waals surface area contributed by atoms with Gasteiger partial charge in [-0.25, -0.2) is 0 Å². The number of esters is 1. The number of rotatable bonds is 12. The average Bonchev–Trinajstić information content (AvgIpc) is 3.50. The molecule has 384 valence electrons. The molecule has 4 heterocycles. The van der Waals surface area contributed by atoms with Gasteiger partial charge in [-0.05, 0) is 86.5 Å². The summed E-state index contributed by atoms with van der Waals surface area (Å²) in [5.41, 5.74) is -2.33. The van der Waals surface area contributed by atoms with Gasteiger partial charge in [0.2, 0.25) is 6.29 Å². The van der Waals surface area contributed by atoms with Crippen LogP contribution in [0.3, 0.4) is 0 Å². The summed E-state index contributed by atoms with van der Waals surface area (Å²) in [6.45, 7) is 5.41. The first kappa shape index (κ1) is 55.1. The van der Waals surface area contributed by atoms with Gasteiger partial charge in [0, 0.05) is 0 Å². The molecule has 14 N–H and O–H groups in total. The number of aliphatic hydroxyl groups excluding tert-OH is 14. The van der Waals surface area contributed by atoms with E-state index in [1.54, 1.807) is 0 Å². The first-order valence-electron chi connectivity index (χ1n) is 23.4. The summed E-state index contributed by atoms with van der Waals surface area (Å²) in [6, 6.07) is 0. The van der Waals surface area contributed by atoms with Crippen LogP contribution in [0, 0.1) is 28.1 Å². The van der Waals surface area contributed by atoms with Gasteiger partial charge in [0.1, 0.15) is 97.7 Å². The van der Waals surface area contributed by atoms with E-state index >= 15 is 0 Å². The van der Waals surface area contributed by atoms with Crippen LogP contribution in [0.1, 0.15) is 71.6 Å². The number of hydrogen-bond donors (Lipinski definition) is 14. The Morgan fingerprint density at radius 2 is 1.03 bits per heavy atom. The average molecular weight is 990 g/mol. The molecule has 0 aromatic heterocycles. The van der Waals surface area contributed by atoms with Gasteiger partial charge in [-0.2, -0.15) is 0 Å². The molecule has 2 unspecified atom stereocenters. The molecule has 8 rings (SSSR count). The molecule has 4 saturated heterocycles. The molecule has 8 aliphatic rings. The van der Waals surface area contributed by atoms with Crippen molar-refractivity contribution in [3.63, 3.8) is 0 Å². The van der Waals surface area contributed by atoms with Gasteiger partial charge in [-0.1, -0.05) is 19.9 Å². The minimum atomic E-state index is -1.95. The second-order valence-corrected chi connectivity index (χ2v) is 20.8. The van der Waals surface area contributed by atoms with E-state index in [9.17, 15) is 76.3 Å². The van der Waals surface area contributed by atoms with Crippen LogP contribution in [0.4, 0.5) is 0 Å². The summed E-state index contributed by atoms with van der Waals surface area (Å²) in [5, 5.41) is 148. The van der Waals surface area contributed by atoms with Crippen molar-refractivity contribution in [2.75, 3.05) is 26.4 Å². The quantitative estimate of drug-likeness (QED) is 0.0374. The molecular formula is C44H70NaO23+. The minimum absolute atomic E-state index is 0. The number of carbonyl (C=O) groups is 1. The van der Waals surface area contributed by atoms with Crippen LogP contribution in [0.15, 0.2) is 12.2 Å². The van der Waals surface area contributed by atoms with Gasteiger partial charge >= 0.3 is 35.5 Å². The number of aliphatic hydroxyl groups is 14. The Morgan fingerprint density at radius 1 is 0.574 bits per heavy atom. The van der Waals surface area contributed by atoms with E-state index in [0.29, 0.717) is 56.9 Å². The zero-order chi connectivity index (χ0) is 48.7. The molecule has 0 aromatic carbocycles. The first-order chi connectivity index (χ1) is 31.6. The topological polar surface area (TPSA) is 374 Å². The molecule has 0 radical (unpaired) electrons. The molecule has 0 aromatic rings. The third kappa shape index (κ3) is 9.22. The van der Waals surface area contributed by atoms with Crippen LogP contribution in [0.2, 0.25) is 0 Å². The number of hydrogen-bond acceptors (Lipinski definition) is 23. The normalized spacial score (nSPS) is 53.7. The van der Waals surface area contributed by atoms with E-state index in [4.69, 9.17) is 37.9 Å². The number of ether oxygens (including phenoxy) is 8. The maximum absolute atomic E-state index is 14.3. The van der Waals surface area contributed by atoms with Crippen molar-refractivity contribution >= 4 is 5.97 Å². The Hall–Kier alpha value is -0.630. The molecule has 26 atom stereocenters. The summed E-state index contributed by atoms with van der Waals surface area (Å²) < 4.78 is 48.2. The molecule has 23 nitrogen and oxygen atoms in total. The third-order valence-electron chi connectivity index (χ3n) is 17.1. The molecule has 2 bridgehead atoms. The second kappa shape index (κ2) is 20.9. The molecule has 0 amide bonds. The summed E-state index contributed by atoms with van der Waals surface area (Å²) in [6.07, 6.45) is -29.1. The molecule has 4 saturated carbocycles. The van der Waals surface area contributed by atoms with Gasteiger partial charge in [0.25, 0.3) is 0 Å². The maximum atomic E-state index is 14.3. The van der Waals surface area contributed by atoms with Crippen molar-refractivity contribution in [3.05, 3.63) is 12.2 Å². The fourth-order valence-electron chi connectivity index (χ4n) is 13.5. The van der Waals surface area contributed by atoms with Crippen molar-refractivity contribution in [1.29, 1.82) is 0 Å². The monoisotopic (exact) mass is 989 g/mol. The largest absolute Gasteiger partial charge is 1.00 e. The van der Waals surface area contributed by atoms with E-state index < -0.39 is 177 Å². The Labute approximate surface area is 414 Å². The Balaban J connectivity index is 0.00000684. The van der Waals surface area contributed by atoms with E-state index in [-0.39, 0.29) is 41.4 Å². The summed E-state index contributed by atoms with van der Waals surface area (Å²) in [4.78, 5) is 14.3. The van der Waals surface area contributed by atoms with Gasteiger partial charge in [-0.15, -0.1) is 0 Å². The van der Waals surface area contributed by atoms with Gasteiger partial charge in [-0.3, -0.25) is 4.79 Å². The summed E-state index contributed by atoms with van der Waals surface area (Å²) in [7, 11) is 0. The van der Waals surface area contributed by atoms with E-state index in [1.165, 1.54) is 0 Å². The van der Waals surface area contributed by atoms with Crippen LogP contribution < -0.4 is 29.6 Å². The molecule has 1 spiro atoms. The smallest absolute Gasteiger partial charge is 0.432 e. The third-order valence-corrected chi connectivity index (χ3v) is 17.1. The molecule has 8 fully saturated rings. The molecular weight excluding hydrogens is 919 g/mol. The van der Waals surface area contributed by atoms with Crippen molar-refractivity contribution in [3.8, 4) is 0 Å². The first-order valence-corrected chi connectivity index (χ1v) is 23.4. The second-order valence-electron chi connectivity index (χ2n) is 20.8. The van der Waals surface area contributed by atoms with Gasteiger partial charge < -0.3 is 109 Å². The van der Waals surface area contributed by atoms with E-state index in [0.717, 1.165) is 6.42 Å². The predicted octanol–water partition coefficient (Wildman–Crippen LogP) is -8.11. The van der Waals surface area contributed by atoms with Crippen molar-refractivity contribution < 1.29 is 144 Å². The zero-order valence-corrected chi connectivity index (χ0v) is 40.5. The van der Waals surface area contributed by atoms with Crippen LogP contribution in [0.25, 0.3) is 0 Å². The Bertz CT molecular complexity index is 1760. The Morgan fingerprint density at radius 3 is 1.56 bits per heavy atom. The van der Waals surface area contributed by atoms with Crippen LogP contribution in [0.5, 0.6) is 0 Å². The SMILES string of the molecule is C=C1CC23CC[C@H]4[C@@](C)(CCC[C@@]4(C)C(=O)O[C@@H]4O[C@H](CO)[C@@H](O)[C@H](O)[C@H]4O)[C@@H]2CCC1(O[C@@H]1O[C@H](CO)[C@@H](O)[C@H](O[C@@H]2O[C@H](CO)[C@@H](O)[C@H](O)[C@H]2O)[C@H]1O[C@@H]1O[C@H](CO)[C@@H](O)[C@H](O)[C@H]1O)C3.[Na+]. The Kier molecular flexibility index (Phi) is 17.0. The van der Waals surface area contributed by atoms with Crippen LogP contribution >= 0.6 is 0 Å². The fraction of sp³-hybridized carbons (Fsp3) is 0.932. The maximum Gasteiger partial charge on any atom is 1.00 e. The van der Waals surface area contributed by atoms with Crippen molar-refractivity contribution in [2.24, 2.45) is 28.1 Å². The predicted molar refractivity (Wildman–Crippen MR) is 219 cm³/mol. The van der Waals surface area contributed by atoms with Crippen molar-refractivity contribution in [2.45, 2.75) is 200 Å². The fourth-order valence-corrected chi connectivity index (χ4v) is 13.5.